The van der Waals surface area contributed by atoms with Crippen molar-refractivity contribution in [2.45, 2.75) is 39.3 Å². The third-order valence-corrected chi connectivity index (χ3v) is 5.17. The molecule has 0 saturated carbocycles. The maximum Gasteiger partial charge on any atom is 0.419 e. The monoisotopic (exact) mass is 391 g/mol. The van der Waals surface area contributed by atoms with Gasteiger partial charge in [-0.25, -0.2) is 4.98 Å². The van der Waals surface area contributed by atoms with Gasteiger partial charge in [0.1, 0.15) is 5.82 Å². The van der Waals surface area contributed by atoms with E-state index in [1.807, 2.05) is 32.0 Å². The van der Waals surface area contributed by atoms with Crippen molar-refractivity contribution in [2.24, 2.45) is 5.92 Å². The molecule has 1 saturated heterocycles. The summed E-state index contributed by atoms with van der Waals surface area (Å²) >= 11 is 0. The summed E-state index contributed by atoms with van der Waals surface area (Å²) in [6.45, 7) is 4.63. The molecule has 1 amide bonds. The number of nitrogens with one attached hydrogen (secondary N) is 1. The van der Waals surface area contributed by atoms with Crippen LogP contribution in [0.2, 0.25) is 0 Å². The Morgan fingerprint density at radius 3 is 2.79 bits per heavy atom. The molecule has 1 aliphatic rings. The van der Waals surface area contributed by atoms with Crippen molar-refractivity contribution < 1.29 is 18.0 Å². The van der Waals surface area contributed by atoms with Crippen LogP contribution in [-0.2, 0) is 17.4 Å². The number of alkyl halides is 3. The van der Waals surface area contributed by atoms with Gasteiger partial charge in [0.15, 0.2) is 0 Å². The number of aryl methyl sites for hydroxylation is 2. The van der Waals surface area contributed by atoms with E-state index in [1.165, 1.54) is 12.3 Å². The van der Waals surface area contributed by atoms with Gasteiger partial charge in [-0.2, -0.15) is 13.2 Å². The van der Waals surface area contributed by atoms with E-state index >= 15 is 0 Å². The van der Waals surface area contributed by atoms with E-state index in [-0.39, 0.29) is 24.2 Å². The smallest absolute Gasteiger partial charge is 0.355 e. The first-order chi connectivity index (χ1) is 13.3. The quantitative estimate of drug-likeness (QED) is 0.812. The van der Waals surface area contributed by atoms with Crippen molar-refractivity contribution >= 4 is 17.4 Å². The van der Waals surface area contributed by atoms with Gasteiger partial charge in [0.2, 0.25) is 5.91 Å². The molecule has 0 bridgehead atoms. The molecule has 1 fully saturated rings. The molecule has 2 heterocycles. The minimum atomic E-state index is -4.48. The predicted octanol–water partition coefficient (Wildman–Crippen LogP) is 4.83. The Morgan fingerprint density at radius 1 is 1.29 bits per heavy atom. The van der Waals surface area contributed by atoms with Crippen LogP contribution < -0.4 is 10.2 Å². The van der Waals surface area contributed by atoms with Gasteiger partial charge < -0.3 is 10.2 Å². The summed E-state index contributed by atoms with van der Waals surface area (Å²) in [5.74, 6) is -0.642. The van der Waals surface area contributed by atoms with Crippen LogP contribution in [-0.4, -0.2) is 24.0 Å². The van der Waals surface area contributed by atoms with Gasteiger partial charge in [0, 0.05) is 25.0 Å². The molecule has 1 aliphatic heterocycles. The Balaban J connectivity index is 1.79. The van der Waals surface area contributed by atoms with Crippen molar-refractivity contribution in [3.8, 4) is 0 Å². The number of aromatic nitrogens is 1. The summed E-state index contributed by atoms with van der Waals surface area (Å²) in [6.07, 6.45) is -1.05. The number of rotatable bonds is 4. The number of piperidine rings is 1. The second kappa shape index (κ2) is 8.20. The number of halogens is 3. The topological polar surface area (TPSA) is 45.2 Å². The molecule has 0 radical (unpaired) electrons. The SMILES string of the molecule is CCc1cccc(C)c1NC(=O)[C@H]1CCCN(c2ncccc2C(F)(F)F)C1. The van der Waals surface area contributed by atoms with Crippen molar-refractivity contribution in [2.75, 3.05) is 23.3 Å². The molecular formula is C21H24F3N3O. The largest absolute Gasteiger partial charge is 0.419 e. The van der Waals surface area contributed by atoms with Gasteiger partial charge in [-0.1, -0.05) is 25.1 Å². The number of nitrogens with zero attached hydrogens (tertiary/aromatic N) is 2. The maximum atomic E-state index is 13.3. The van der Waals surface area contributed by atoms with Crippen LogP contribution in [0.15, 0.2) is 36.5 Å². The minimum absolute atomic E-state index is 0.0994. The number of benzene rings is 1. The first kappa shape index (κ1) is 20.2. The molecule has 1 atom stereocenters. The fraction of sp³-hybridized carbons (Fsp3) is 0.429. The van der Waals surface area contributed by atoms with Crippen LogP contribution in [0.25, 0.3) is 0 Å². The van der Waals surface area contributed by atoms with Crippen LogP contribution >= 0.6 is 0 Å². The average molecular weight is 391 g/mol. The zero-order valence-corrected chi connectivity index (χ0v) is 16.0. The third kappa shape index (κ3) is 4.29. The molecule has 4 nitrogen and oxygen atoms in total. The van der Waals surface area contributed by atoms with Crippen molar-refractivity contribution in [1.29, 1.82) is 0 Å². The summed E-state index contributed by atoms with van der Waals surface area (Å²) in [6, 6.07) is 8.18. The summed E-state index contributed by atoms with van der Waals surface area (Å²) < 4.78 is 40.0. The summed E-state index contributed by atoms with van der Waals surface area (Å²) in [7, 11) is 0. The molecule has 0 spiro atoms. The van der Waals surface area contributed by atoms with E-state index in [4.69, 9.17) is 0 Å². The van der Waals surface area contributed by atoms with Crippen molar-refractivity contribution in [1.82, 2.24) is 4.98 Å². The Labute approximate surface area is 162 Å². The third-order valence-electron chi connectivity index (χ3n) is 5.17. The number of hydrogen-bond donors (Lipinski definition) is 1. The van der Waals surface area contributed by atoms with Gasteiger partial charge in [0.05, 0.1) is 11.5 Å². The van der Waals surface area contributed by atoms with Gasteiger partial charge in [-0.3, -0.25) is 4.79 Å². The Hall–Kier alpha value is -2.57. The van der Waals surface area contributed by atoms with Crippen LogP contribution in [0, 0.1) is 12.8 Å². The lowest BCUT2D eigenvalue weighted by atomic mass is 9.96. The Morgan fingerprint density at radius 2 is 2.07 bits per heavy atom. The number of para-hydroxylation sites is 1. The highest BCUT2D eigenvalue weighted by Crippen LogP contribution is 2.36. The molecule has 0 unspecified atom stereocenters. The van der Waals surface area contributed by atoms with E-state index in [2.05, 4.69) is 10.3 Å². The average Bonchev–Trinajstić information content (AvgIpc) is 2.69. The molecule has 150 valence electrons. The zero-order valence-electron chi connectivity index (χ0n) is 16.0. The Kier molecular flexibility index (Phi) is 5.91. The standard InChI is InChI=1S/C21H24F3N3O/c1-3-15-8-4-7-14(2)18(15)26-20(28)16-9-6-12-27(13-16)19-17(21(22,23)24)10-5-11-25-19/h4-5,7-8,10-11,16H,3,6,9,12-13H2,1-2H3,(H,26,28)/t16-/m0/s1. The van der Waals surface area contributed by atoms with E-state index < -0.39 is 11.7 Å². The maximum absolute atomic E-state index is 13.3. The summed E-state index contributed by atoms with van der Waals surface area (Å²) in [5.41, 5.74) is 2.07. The van der Waals surface area contributed by atoms with Gasteiger partial charge in [-0.05, 0) is 49.4 Å². The first-order valence-corrected chi connectivity index (χ1v) is 9.47. The van der Waals surface area contributed by atoms with E-state index in [9.17, 15) is 18.0 Å². The lowest BCUT2D eigenvalue weighted by Gasteiger charge is -2.34. The number of carbonyl (C=O) groups is 1. The molecule has 1 N–H and O–H groups in total. The number of pyridine rings is 1. The van der Waals surface area contributed by atoms with E-state index in [0.717, 1.165) is 29.3 Å². The highest BCUT2D eigenvalue weighted by Gasteiger charge is 2.37. The predicted molar refractivity (Wildman–Crippen MR) is 103 cm³/mol. The fourth-order valence-corrected chi connectivity index (χ4v) is 3.68. The molecule has 28 heavy (non-hydrogen) atoms. The summed E-state index contributed by atoms with van der Waals surface area (Å²) in [5, 5.41) is 3.01. The van der Waals surface area contributed by atoms with Gasteiger partial charge in [-0.15, -0.1) is 0 Å². The second-order valence-corrected chi connectivity index (χ2v) is 7.11. The highest BCUT2D eigenvalue weighted by atomic mass is 19.4. The number of anilines is 2. The highest BCUT2D eigenvalue weighted by molar-refractivity contribution is 5.94. The molecule has 1 aromatic heterocycles. The first-order valence-electron chi connectivity index (χ1n) is 9.47. The summed E-state index contributed by atoms with van der Waals surface area (Å²) in [4.78, 5) is 18.4. The lowest BCUT2D eigenvalue weighted by Crippen LogP contribution is -2.42. The molecule has 2 aromatic rings. The van der Waals surface area contributed by atoms with Gasteiger partial charge in [0.25, 0.3) is 0 Å². The fourth-order valence-electron chi connectivity index (χ4n) is 3.68. The second-order valence-electron chi connectivity index (χ2n) is 7.11. The molecule has 3 rings (SSSR count). The molecule has 1 aromatic carbocycles. The molecule has 0 aliphatic carbocycles. The van der Waals surface area contributed by atoms with Crippen LogP contribution in [0.5, 0.6) is 0 Å². The van der Waals surface area contributed by atoms with Crippen molar-refractivity contribution in [3.05, 3.63) is 53.2 Å². The number of carbonyl (C=O) groups excluding carboxylic acids is 1. The zero-order chi connectivity index (χ0) is 20.3. The van der Waals surface area contributed by atoms with E-state index in [1.54, 1.807) is 4.90 Å². The van der Waals surface area contributed by atoms with Crippen LogP contribution in [0.4, 0.5) is 24.7 Å². The number of amides is 1. The van der Waals surface area contributed by atoms with E-state index in [0.29, 0.717) is 19.4 Å². The molecule has 7 heteroatoms. The van der Waals surface area contributed by atoms with Gasteiger partial charge >= 0.3 is 6.18 Å². The van der Waals surface area contributed by atoms with Crippen molar-refractivity contribution in [3.63, 3.8) is 0 Å². The lowest BCUT2D eigenvalue weighted by molar-refractivity contribution is -0.137. The molecular weight excluding hydrogens is 367 g/mol. The van der Waals surface area contributed by atoms with Crippen LogP contribution in [0.3, 0.4) is 0 Å². The normalized spacial score (nSPS) is 17.5. The van der Waals surface area contributed by atoms with Crippen LogP contribution in [0.1, 0.15) is 36.5 Å². The minimum Gasteiger partial charge on any atom is -0.355 e. The Bertz CT molecular complexity index is 851. The number of hydrogen-bond acceptors (Lipinski definition) is 3.